The van der Waals surface area contributed by atoms with Crippen LogP contribution in [0.3, 0.4) is 0 Å². The van der Waals surface area contributed by atoms with Crippen molar-refractivity contribution < 1.29 is 28.2 Å². The number of rotatable bonds is 4. The Morgan fingerprint density at radius 2 is 1.71 bits per heavy atom. The second kappa shape index (κ2) is 4.61. The highest BCUT2D eigenvalue weighted by atomic mass is 32.2. The molecule has 0 aliphatic carbocycles. The molecule has 0 atom stereocenters. The second-order valence-corrected chi connectivity index (χ2v) is 6.30. The highest BCUT2D eigenvalue weighted by molar-refractivity contribution is 7.88. The van der Waals surface area contributed by atoms with Crippen molar-refractivity contribution >= 4 is 22.0 Å². The van der Waals surface area contributed by atoms with Gasteiger partial charge in [-0.05, 0) is 12.8 Å². The van der Waals surface area contributed by atoms with Gasteiger partial charge in [0.25, 0.3) is 0 Å². The molecule has 1 heterocycles. The van der Waals surface area contributed by atoms with Gasteiger partial charge < -0.3 is 10.2 Å². The molecule has 2 N–H and O–H groups in total. The first-order valence-corrected chi connectivity index (χ1v) is 6.92. The minimum Gasteiger partial charge on any atom is -0.481 e. The van der Waals surface area contributed by atoms with Gasteiger partial charge in [-0.1, -0.05) is 0 Å². The molecule has 0 aromatic carbocycles. The van der Waals surface area contributed by atoms with E-state index in [4.69, 9.17) is 10.2 Å². The number of nitrogens with zero attached hydrogens (tertiary/aromatic N) is 1. The van der Waals surface area contributed by atoms with Crippen molar-refractivity contribution in [3.63, 3.8) is 0 Å². The molecule has 7 nitrogen and oxygen atoms in total. The molecule has 0 unspecified atom stereocenters. The Labute approximate surface area is 99.1 Å². The predicted octanol–water partition coefficient (Wildman–Crippen LogP) is -0.412. The van der Waals surface area contributed by atoms with E-state index in [1.165, 1.54) is 4.31 Å². The SMILES string of the molecule is CS(=O)(=O)N1CCC(CC(=O)O)(C(=O)O)CC1. The third kappa shape index (κ3) is 3.16. The Morgan fingerprint density at radius 1 is 1.24 bits per heavy atom. The summed E-state index contributed by atoms with van der Waals surface area (Å²) in [5.41, 5.74) is -1.34. The van der Waals surface area contributed by atoms with Gasteiger partial charge in [-0.2, -0.15) is 0 Å². The van der Waals surface area contributed by atoms with Crippen LogP contribution in [0.1, 0.15) is 19.3 Å². The van der Waals surface area contributed by atoms with Crippen LogP contribution in [-0.4, -0.2) is 54.2 Å². The van der Waals surface area contributed by atoms with Crippen molar-refractivity contribution in [1.29, 1.82) is 0 Å². The van der Waals surface area contributed by atoms with Crippen LogP contribution in [0.15, 0.2) is 0 Å². The molecule has 0 aromatic heterocycles. The van der Waals surface area contributed by atoms with E-state index in [-0.39, 0.29) is 25.9 Å². The van der Waals surface area contributed by atoms with E-state index in [1.54, 1.807) is 0 Å². The maximum Gasteiger partial charge on any atom is 0.310 e. The Balaban J connectivity index is 2.82. The van der Waals surface area contributed by atoms with Crippen LogP contribution in [0, 0.1) is 5.41 Å². The molecule has 0 saturated carbocycles. The maximum atomic E-state index is 11.3. The van der Waals surface area contributed by atoms with Crippen LogP contribution in [-0.2, 0) is 19.6 Å². The van der Waals surface area contributed by atoms with E-state index < -0.39 is 33.8 Å². The lowest BCUT2D eigenvalue weighted by atomic mass is 9.76. The van der Waals surface area contributed by atoms with Gasteiger partial charge >= 0.3 is 11.9 Å². The summed E-state index contributed by atoms with van der Waals surface area (Å²) < 4.78 is 23.7. The molecule has 1 saturated heterocycles. The summed E-state index contributed by atoms with van der Waals surface area (Å²) in [7, 11) is -3.34. The molecule has 0 radical (unpaired) electrons. The number of carboxylic acid groups (broad SMARTS) is 2. The van der Waals surface area contributed by atoms with E-state index in [2.05, 4.69) is 0 Å². The largest absolute Gasteiger partial charge is 0.481 e. The number of carboxylic acids is 2. The first-order chi connectivity index (χ1) is 7.67. The average molecular weight is 265 g/mol. The summed E-state index contributed by atoms with van der Waals surface area (Å²) in [5, 5.41) is 17.8. The summed E-state index contributed by atoms with van der Waals surface area (Å²) >= 11 is 0. The lowest BCUT2D eigenvalue weighted by Gasteiger charge is -2.36. The molecule has 1 aliphatic rings. The third-order valence-corrected chi connectivity index (χ3v) is 4.40. The van der Waals surface area contributed by atoms with E-state index in [9.17, 15) is 18.0 Å². The van der Waals surface area contributed by atoms with E-state index in [0.717, 1.165) is 6.26 Å². The molecular weight excluding hydrogens is 250 g/mol. The number of hydrogen-bond acceptors (Lipinski definition) is 4. The van der Waals surface area contributed by atoms with Gasteiger partial charge in [0, 0.05) is 13.1 Å². The summed E-state index contributed by atoms with van der Waals surface area (Å²) in [4.78, 5) is 21.8. The van der Waals surface area contributed by atoms with Gasteiger partial charge in [-0.3, -0.25) is 9.59 Å². The summed E-state index contributed by atoms with van der Waals surface area (Å²) in [5.74, 6) is -2.35. The monoisotopic (exact) mass is 265 g/mol. The van der Waals surface area contributed by atoms with Crippen LogP contribution in [0.5, 0.6) is 0 Å². The van der Waals surface area contributed by atoms with Crippen molar-refractivity contribution in [2.75, 3.05) is 19.3 Å². The maximum absolute atomic E-state index is 11.3. The normalized spacial score (nSPS) is 21.0. The quantitative estimate of drug-likeness (QED) is 0.714. The lowest BCUT2D eigenvalue weighted by molar-refractivity contribution is -0.158. The Hall–Kier alpha value is -1.15. The average Bonchev–Trinajstić information content (AvgIpc) is 2.15. The van der Waals surface area contributed by atoms with Crippen LogP contribution in [0.25, 0.3) is 0 Å². The van der Waals surface area contributed by atoms with E-state index in [1.807, 2.05) is 0 Å². The third-order valence-electron chi connectivity index (χ3n) is 3.09. The van der Waals surface area contributed by atoms with Crippen LogP contribution in [0.4, 0.5) is 0 Å². The highest BCUT2D eigenvalue weighted by Crippen LogP contribution is 2.36. The fourth-order valence-corrected chi connectivity index (χ4v) is 2.85. The van der Waals surface area contributed by atoms with Gasteiger partial charge in [0.05, 0.1) is 18.1 Å². The molecule has 8 heteroatoms. The lowest BCUT2D eigenvalue weighted by Crippen LogP contribution is -2.47. The Bertz CT molecular complexity index is 421. The van der Waals surface area contributed by atoms with Gasteiger partial charge in [0.15, 0.2) is 0 Å². The fraction of sp³-hybridized carbons (Fsp3) is 0.778. The summed E-state index contributed by atoms with van der Waals surface area (Å²) in [6.07, 6.45) is 0.640. The summed E-state index contributed by atoms with van der Waals surface area (Å²) in [6, 6.07) is 0. The van der Waals surface area contributed by atoms with Crippen molar-refractivity contribution in [3.05, 3.63) is 0 Å². The van der Waals surface area contributed by atoms with Crippen LogP contribution >= 0.6 is 0 Å². The predicted molar refractivity (Wildman–Crippen MR) is 58.0 cm³/mol. The first kappa shape index (κ1) is 13.9. The molecule has 98 valence electrons. The van der Waals surface area contributed by atoms with Crippen molar-refractivity contribution in [3.8, 4) is 0 Å². The molecule has 0 bridgehead atoms. The van der Waals surface area contributed by atoms with Crippen molar-refractivity contribution in [2.45, 2.75) is 19.3 Å². The molecular formula is C9H15NO6S. The fourth-order valence-electron chi connectivity index (χ4n) is 2.00. The smallest absolute Gasteiger partial charge is 0.310 e. The summed E-state index contributed by atoms with van der Waals surface area (Å²) in [6.45, 7) is 0.108. The Kier molecular flexibility index (Phi) is 3.78. The second-order valence-electron chi connectivity index (χ2n) is 4.32. The molecule has 1 fully saturated rings. The topological polar surface area (TPSA) is 112 Å². The van der Waals surface area contributed by atoms with E-state index >= 15 is 0 Å². The molecule has 1 aliphatic heterocycles. The van der Waals surface area contributed by atoms with E-state index in [0.29, 0.717) is 0 Å². The number of carbonyl (C=O) groups is 2. The number of hydrogen-bond donors (Lipinski definition) is 2. The minimum absolute atomic E-state index is 0.0295. The highest BCUT2D eigenvalue weighted by Gasteiger charge is 2.44. The number of piperidine rings is 1. The standard InChI is InChI=1S/C9H15NO6S/c1-17(15,16)10-4-2-9(3-5-10,8(13)14)6-7(11)12/h2-6H2,1H3,(H,11,12)(H,13,14). The zero-order valence-electron chi connectivity index (χ0n) is 9.42. The first-order valence-electron chi connectivity index (χ1n) is 5.08. The Morgan fingerprint density at radius 3 is 2.00 bits per heavy atom. The van der Waals surface area contributed by atoms with Crippen molar-refractivity contribution in [2.24, 2.45) is 5.41 Å². The zero-order valence-corrected chi connectivity index (χ0v) is 10.2. The van der Waals surface area contributed by atoms with Gasteiger partial charge in [-0.25, -0.2) is 12.7 Å². The molecule has 0 aromatic rings. The number of aliphatic carboxylic acids is 2. The van der Waals surface area contributed by atoms with Gasteiger partial charge in [-0.15, -0.1) is 0 Å². The molecule has 1 rings (SSSR count). The molecule has 0 amide bonds. The molecule has 0 spiro atoms. The molecule has 17 heavy (non-hydrogen) atoms. The van der Waals surface area contributed by atoms with Gasteiger partial charge in [0.1, 0.15) is 0 Å². The zero-order chi connectivity index (χ0) is 13.3. The van der Waals surface area contributed by atoms with Crippen molar-refractivity contribution in [1.82, 2.24) is 4.31 Å². The van der Waals surface area contributed by atoms with Gasteiger partial charge in [0.2, 0.25) is 10.0 Å². The van der Waals surface area contributed by atoms with Crippen LogP contribution < -0.4 is 0 Å². The minimum atomic E-state index is -3.34. The van der Waals surface area contributed by atoms with Crippen LogP contribution in [0.2, 0.25) is 0 Å². The number of sulfonamides is 1.